The van der Waals surface area contributed by atoms with Crippen LogP contribution in [0.2, 0.25) is 0 Å². The smallest absolute Gasteiger partial charge is 0.278 e. The molecule has 1 N–H and O–H groups in total. The standard InChI is InChI=1S/C9H11N3OS/c13-8-6-4-14-5-7(6)12-3-1-2-10-9(12)11-8/h1-5H2,(H,10,11,13). The Kier molecular flexibility index (Phi) is 1.80. The monoisotopic (exact) mass is 209 g/mol. The summed E-state index contributed by atoms with van der Waals surface area (Å²) in [6.07, 6.45) is 1.12. The third-order valence-corrected chi connectivity index (χ3v) is 3.69. The Morgan fingerprint density at radius 2 is 2.36 bits per heavy atom. The summed E-state index contributed by atoms with van der Waals surface area (Å²) in [7, 11) is 0. The first-order valence-corrected chi connectivity index (χ1v) is 5.96. The lowest BCUT2D eigenvalue weighted by Gasteiger charge is -2.22. The summed E-state index contributed by atoms with van der Waals surface area (Å²) in [5, 5.41) is 3.18. The van der Waals surface area contributed by atoms with Gasteiger partial charge in [-0.15, -0.1) is 0 Å². The van der Waals surface area contributed by atoms with Gasteiger partial charge in [0.2, 0.25) is 5.95 Å². The highest BCUT2D eigenvalue weighted by Crippen LogP contribution is 2.29. The van der Waals surface area contributed by atoms with Gasteiger partial charge in [-0.2, -0.15) is 16.7 Å². The van der Waals surface area contributed by atoms with Crippen molar-refractivity contribution in [2.75, 3.05) is 11.9 Å². The summed E-state index contributed by atoms with van der Waals surface area (Å²) >= 11 is 1.80. The van der Waals surface area contributed by atoms with E-state index in [-0.39, 0.29) is 5.56 Å². The number of fused-ring (bicyclic) bond motifs is 3. The molecule has 0 saturated heterocycles. The number of rotatable bonds is 0. The quantitative estimate of drug-likeness (QED) is 0.686. The molecule has 0 amide bonds. The largest absolute Gasteiger partial charge is 0.355 e. The van der Waals surface area contributed by atoms with Crippen molar-refractivity contribution < 1.29 is 0 Å². The molecule has 2 aliphatic rings. The van der Waals surface area contributed by atoms with E-state index < -0.39 is 0 Å². The van der Waals surface area contributed by atoms with Crippen molar-refractivity contribution in [3.05, 3.63) is 21.6 Å². The van der Waals surface area contributed by atoms with Crippen molar-refractivity contribution >= 4 is 17.7 Å². The Bertz CT molecular complexity index is 440. The van der Waals surface area contributed by atoms with E-state index in [4.69, 9.17) is 0 Å². The molecule has 0 aromatic carbocycles. The first-order chi connectivity index (χ1) is 6.86. The second kappa shape index (κ2) is 3.02. The Balaban J connectivity index is 2.27. The van der Waals surface area contributed by atoms with Crippen molar-refractivity contribution in [3.63, 3.8) is 0 Å². The maximum Gasteiger partial charge on any atom is 0.278 e. The summed E-state index contributed by atoms with van der Waals surface area (Å²) in [4.78, 5) is 15.7. The van der Waals surface area contributed by atoms with Gasteiger partial charge in [-0.3, -0.25) is 4.79 Å². The summed E-state index contributed by atoms with van der Waals surface area (Å²) in [6.45, 7) is 1.93. The van der Waals surface area contributed by atoms with E-state index in [1.807, 2.05) is 0 Å². The first kappa shape index (κ1) is 8.35. The lowest BCUT2D eigenvalue weighted by atomic mass is 10.2. The van der Waals surface area contributed by atoms with E-state index in [0.717, 1.165) is 42.5 Å². The van der Waals surface area contributed by atoms with Crippen LogP contribution in [0.4, 0.5) is 5.95 Å². The molecule has 0 spiro atoms. The lowest BCUT2D eigenvalue weighted by molar-refractivity contribution is 0.591. The van der Waals surface area contributed by atoms with Crippen molar-refractivity contribution in [1.82, 2.24) is 9.55 Å². The molecule has 0 aliphatic carbocycles. The van der Waals surface area contributed by atoms with Crippen LogP contribution < -0.4 is 10.9 Å². The molecule has 74 valence electrons. The van der Waals surface area contributed by atoms with Gasteiger partial charge in [0.25, 0.3) is 5.56 Å². The zero-order valence-corrected chi connectivity index (χ0v) is 8.56. The maximum absolute atomic E-state index is 11.6. The van der Waals surface area contributed by atoms with Crippen LogP contribution in [0.15, 0.2) is 4.79 Å². The van der Waals surface area contributed by atoms with Gasteiger partial charge in [-0.1, -0.05) is 0 Å². The molecule has 14 heavy (non-hydrogen) atoms. The lowest BCUT2D eigenvalue weighted by Crippen LogP contribution is -2.28. The Hall–Kier alpha value is -0.970. The minimum Gasteiger partial charge on any atom is -0.355 e. The van der Waals surface area contributed by atoms with Gasteiger partial charge in [0.1, 0.15) is 0 Å². The molecule has 1 aromatic rings. The summed E-state index contributed by atoms with van der Waals surface area (Å²) in [5.41, 5.74) is 2.07. The third-order valence-electron chi connectivity index (χ3n) is 2.72. The molecule has 0 fully saturated rings. The fourth-order valence-corrected chi connectivity index (χ4v) is 3.13. The van der Waals surface area contributed by atoms with Crippen LogP contribution in [0.3, 0.4) is 0 Å². The van der Waals surface area contributed by atoms with E-state index in [9.17, 15) is 4.79 Å². The fraction of sp³-hybridized carbons (Fsp3) is 0.556. The second-order valence-corrected chi connectivity index (χ2v) is 4.58. The van der Waals surface area contributed by atoms with Crippen LogP contribution in [0.1, 0.15) is 17.7 Å². The molecular formula is C9H11N3OS. The SMILES string of the molecule is O=c1nc2n(c3c1CSC3)CCCN2. The van der Waals surface area contributed by atoms with Crippen LogP contribution in [0.25, 0.3) is 0 Å². The molecule has 4 nitrogen and oxygen atoms in total. The van der Waals surface area contributed by atoms with Gasteiger partial charge in [-0.25, -0.2) is 0 Å². The summed E-state index contributed by atoms with van der Waals surface area (Å²) < 4.78 is 2.17. The molecule has 0 radical (unpaired) electrons. The van der Waals surface area contributed by atoms with Gasteiger partial charge >= 0.3 is 0 Å². The van der Waals surface area contributed by atoms with Crippen molar-refractivity contribution in [3.8, 4) is 0 Å². The first-order valence-electron chi connectivity index (χ1n) is 4.80. The predicted molar refractivity (Wildman–Crippen MR) is 56.6 cm³/mol. The second-order valence-electron chi connectivity index (χ2n) is 3.59. The Labute approximate surface area is 85.7 Å². The number of nitrogens with one attached hydrogen (secondary N) is 1. The Morgan fingerprint density at radius 3 is 3.29 bits per heavy atom. The molecule has 0 atom stereocenters. The van der Waals surface area contributed by atoms with Crippen LogP contribution in [-0.4, -0.2) is 16.1 Å². The molecular weight excluding hydrogens is 198 g/mol. The Morgan fingerprint density at radius 1 is 1.43 bits per heavy atom. The molecule has 5 heteroatoms. The molecule has 0 bridgehead atoms. The molecule has 2 aliphatic heterocycles. The molecule has 0 saturated carbocycles. The van der Waals surface area contributed by atoms with E-state index >= 15 is 0 Å². The minimum atomic E-state index is -0.0364. The van der Waals surface area contributed by atoms with Crippen LogP contribution >= 0.6 is 11.8 Å². The third kappa shape index (κ3) is 1.08. The topological polar surface area (TPSA) is 46.9 Å². The molecule has 3 heterocycles. The predicted octanol–water partition coefficient (Wildman–Crippen LogP) is 0.806. The zero-order valence-electron chi connectivity index (χ0n) is 7.75. The molecule has 0 unspecified atom stereocenters. The van der Waals surface area contributed by atoms with Crippen molar-refractivity contribution in [1.29, 1.82) is 0 Å². The highest BCUT2D eigenvalue weighted by Gasteiger charge is 2.22. The van der Waals surface area contributed by atoms with E-state index in [2.05, 4.69) is 14.9 Å². The van der Waals surface area contributed by atoms with Gasteiger partial charge in [0.15, 0.2) is 0 Å². The number of hydrogen-bond acceptors (Lipinski definition) is 4. The zero-order chi connectivity index (χ0) is 9.54. The normalized spacial score (nSPS) is 18.6. The van der Waals surface area contributed by atoms with Crippen LogP contribution in [0.5, 0.6) is 0 Å². The number of anilines is 1. The minimum absolute atomic E-state index is 0.0364. The number of hydrogen-bond donors (Lipinski definition) is 1. The fourth-order valence-electron chi connectivity index (χ4n) is 2.01. The van der Waals surface area contributed by atoms with Gasteiger partial charge in [0, 0.05) is 35.9 Å². The average Bonchev–Trinajstić information content (AvgIpc) is 2.67. The van der Waals surface area contributed by atoms with Gasteiger partial charge in [-0.05, 0) is 6.42 Å². The highest BCUT2D eigenvalue weighted by atomic mass is 32.2. The van der Waals surface area contributed by atoms with Crippen molar-refractivity contribution in [2.24, 2.45) is 0 Å². The highest BCUT2D eigenvalue weighted by molar-refractivity contribution is 7.98. The molecule has 3 rings (SSSR count). The number of aromatic nitrogens is 2. The van der Waals surface area contributed by atoms with E-state index in [1.165, 1.54) is 5.69 Å². The summed E-state index contributed by atoms with van der Waals surface area (Å²) in [5.74, 6) is 2.56. The van der Waals surface area contributed by atoms with Crippen molar-refractivity contribution in [2.45, 2.75) is 24.5 Å². The number of nitrogens with zero attached hydrogens (tertiary/aromatic N) is 2. The van der Waals surface area contributed by atoms with Gasteiger partial charge in [0.05, 0.1) is 0 Å². The van der Waals surface area contributed by atoms with E-state index in [0.29, 0.717) is 0 Å². The van der Waals surface area contributed by atoms with Crippen LogP contribution in [-0.2, 0) is 18.1 Å². The van der Waals surface area contributed by atoms with Crippen LogP contribution in [0, 0.1) is 0 Å². The average molecular weight is 209 g/mol. The van der Waals surface area contributed by atoms with Gasteiger partial charge < -0.3 is 9.88 Å². The number of thioether (sulfide) groups is 1. The molecule has 1 aromatic heterocycles. The summed E-state index contributed by atoms with van der Waals surface area (Å²) in [6, 6.07) is 0. The van der Waals surface area contributed by atoms with E-state index in [1.54, 1.807) is 11.8 Å². The maximum atomic E-state index is 11.6.